The smallest absolute Gasteiger partial charge is 0.240 e. The topological polar surface area (TPSA) is 46.3 Å². The highest BCUT2D eigenvalue weighted by atomic mass is 19.1. The molecule has 0 aliphatic carbocycles. The number of hydrogen-bond acceptors (Lipinski definition) is 2. The van der Waals surface area contributed by atoms with Crippen molar-refractivity contribution in [3.8, 4) is 0 Å². The number of halogens is 2. The SMILES string of the molecule is CCN(Cc1c(F)cccc1F)C(=O)[C@@H](N)Cc1ccccc1. The Labute approximate surface area is 134 Å². The van der Waals surface area contributed by atoms with Gasteiger partial charge in [-0.3, -0.25) is 4.79 Å². The van der Waals surface area contributed by atoms with Crippen LogP contribution in [0.4, 0.5) is 8.78 Å². The molecule has 2 rings (SSSR count). The second kappa shape index (κ2) is 7.83. The second-order valence-corrected chi connectivity index (χ2v) is 5.35. The minimum Gasteiger partial charge on any atom is -0.337 e. The fourth-order valence-corrected chi connectivity index (χ4v) is 2.41. The summed E-state index contributed by atoms with van der Waals surface area (Å²) in [4.78, 5) is 13.8. The summed E-state index contributed by atoms with van der Waals surface area (Å²) in [6, 6.07) is 12.3. The van der Waals surface area contributed by atoms with Gasteiger partial charge in [-0.1, -0.05) is 36.4 Å². The molecule has 2 aromatic carbocycles. The Bertz CT molecular complexity index is 641. The average molecular weight is 318 g/mol. The van der Waals surface area contributed by atoms with Crippen LogP contribution in [0.3, 0.4) is 0 Å². The zero-order valence-electron chi connectivity index (χ0n) is 13.0. The number of carbonyl (C=O) groups is 1. The maximum absolute atomic E-state index is 13.7. The molecule has 2 aromatic rings. The first-order chi connectivity index (χ1) is 11.0. The summed E-state index contributed by atoms with van der Waals surface area (Å²) < 4.78 is 27.5. The van der Waals surface area contributed by atoms with Crippen LogP contribution in [0.1, 0.15) is 18.1 Å². The Hall–Kier alpha value is -2.27. The molecule has 0 saturated carbocycles. The van der Waals surface area contributed by atoms with Gasteiger partial charge in [0.1, 0.15) is 11.6 Å². The van der Waals surface area contributed by atoms with Crippen molar-refractivity contribution in [3.63, 3.8) is 0 Å². The zero-order chi connectivity index (χ0) is 16.8. The van der Waals surface area contributed by atoms with Crippen LogP contribution in [0.25, 0.3) is 0 Å². The number of amides is 1. The minimum absolute atomic E-state index is 0.116. The molecule has 0 radical (unpaired) electrons. The molecule has 23 heavy (non-hydrogen) atoms. The molecule has 3 nitrogen and oxygen atoms in total. The van der Waals surface area contributed by atoms with Crippen LogP contribution in [-0.4, -0.2) is 23.4 Å². The molecule has 0 saturated heterocycles. The van der Waals surface area contributed by atoms with E-state index in [4.69, 9.17) is 5.73 Å². The Balaban J connectivity index is 2.09. The van der Waals surface area contributed by atoms with Gasteiger partial charge in [0.2, 0.25) is 5.91 Å². The molecular formula is C18H20F2N2O. The van der Waals surface area contributed by atoms with Gasteiger partial charge in [-0.2, -0.15) is 0 Å². The monoisotopic (exact) mass is 318 g/mol. The molecule has 0 spiro atoms. The molecule has 0 aliphatic heterocycles. The van der Waals surface area contributed by atoms with E-state index in [2.05, 4.69) is 0 Å². The third kappa shape index (κ3) is 4.36. The van der Waals surface area contributed by atoms with E-state index in [1.54, 1.807) is 6.92 Å². The summed E-state index contributed by atoms with van der Waals surface area (Å²) >= 11 is 0. The van der Waals surface area contributed by atoms with E-state index in [0.717, 1.165) is 5.56 Å². The van der Waals surface area contributed by atoms with Gasteiger partial charge in [0.15, 0.2) is 0 Å². The summed E-state index contributed by atoms with van der Waals surface area (Å²) in [7, 11) is 0. The molecule has 122 valence electrons. The first kappa shape index (κ1) is 17.1. The Morgan fingerprint density at radius 1 is 1.09 bits per heavy atom. The standard InChI is InChI=1S/C18H20F2N2O/c1-2-22(12-14-15(19)9-6-10-16(14)20)18(23)17(21)11-13-7-4-3-5-8-13/h3-10,17H,2,11-12,21H2,1H3/t17-/m0/s1. The highest BCUT2D eigenvalue weighted by Gasteiger charge is 2.22. The van der Waals surface area contributed by atoms with E-state index in [1.807, 2.05) is 30.3 Å². The average Bonchev–Trinajstić information content (AvgIpc) is 2.55. The van der Waals surface area contributed by atoms with Gasteiger partial charge in [0.05, 0.1) is 12.6 Å². The van der Waals surface area contributed by atoms with E-state index in [-0.39, 0.29) is 18.0 Å². The normalized spacial score (nSPS) is 12.0. The van der Waals surface area contributed by atoms with Crippen LogP contribution in [-0.2, 0) is 17.8 Å². The van der Waals surface area contributed by atoms with Crippen molar-refractivity contribution in [2.75, 3.05) is 6.54 Å². The number of nitrogens with two attached hydrogens (primary N) is 1. The van der Waals surface area contributed by atoms with Crippen molar-refractivity contribution in [2.24, 2.45) is 5.73 Å². The van der Waals surface area contributed by atoms with Crippen LogP contribution >= 0.6 is 0 Å². The van der Waals surface area contributed by atoms with E-state index in [0.29, 0.717) is 13.0 Å². The number of likely N-dealkylation sites (N-methyl/N-ethyl adjacent to an activating group) is 1. The lowest BCUT2D eigenvalue weighted by atomic mass is 10.1. The van der Waals surface area contributed by atoms with Crippen molar-refractivity contribution in [3.05, 3.63) is 71.3 Å². The molecule has 1 amide bonds. The summed E-state index contributed by atoms with van der Waals surface area (Å²) in [5.74, 6) is -1.64. The summed E-state index contributed by atoms with van der Waals surface area (Å²) in [5, 5.41) is 0. The second-order valence-electron chi connectivity index (χ2n) is 5.35. The van der Waals surface area contributed by atoms with Crippen molar-refractivity contribution in [2.45, 2.75) is 25.9 Å². The van der Waals surface area contributed by atoms with Gasteiger partial charge in [-0.25, -0.2) is 8.78 Å². The van der Waals surface area contributed by atoms with Gasteiger partial charge in [0, 0.05) is 12.1 Å². The maximum Gasteiger partial charge on any atom is 0.240 e. The predicted molar refractivity (Wildman–Crippen MR) is 85.6 cm³/mol. The lowest BCUT2D eigenvalue weighted by molar-refractivity contribution is -0.133. The van der Waals surface area contributed by atoms with Crippen LogP contribution in [0, 0.1) is 11.6 Å². The first-order valence-corrected chi connectivity index (χ1v) is 7.54. The fourth-order valence-electron chi connectivity index (χ4n) is 2.41. The summed E-state index contributed by atoms with van der Waals surface area (Å²) in [6.07, 6.45) is 0.385. The zero-order valence-corrected chi connectivity index (χ0v) is 13.0. The molecule has 1 atom stereocenters. The van der Waals surface area contributed by atoms with Crippen LogP contribution in [0.15, 0.2) is 48.5 Å². The molecule has 0 heterocycles. The molecule has 0 unspecified atom stereocenters. The number of rotatable bonds is 6. The number of carbonyl (C=O) groups excluding carboxylic acids is 1. The molecule has 2 N–H and O–H groups in total. The van der Waals surface area contributed by atoms with Crippen LogP contribution in [0.5, 0.6) is 0 Å². The predicted octanol–water partition coefficient (Wildman–Crippen LogP) is 2.88. The van der Waals surface area contributed by atoms with Gasteiger partial charge >= 0.3 is 0 Å². The number of hydrogen-bond donors (Lipinski definition) is 1. The molecule has 5 heteroatoms. The lowest BCUT2D eigenvalue weighted by Crippen LogP contribution is -2.44. The molecule has 0 aliphatic rings. The fraction of sp³-hybridized carbons (Fsp3) is 0.278. The lowest BCUT2D eigenvalue weighted by Gasteiger charge is -2.25. The molecule has 0 fully saturated rings. The highest BCUT2D eigenvalue weighted by molar-refractivity contribution is 5.82. The maximum atomic E-state index is 13.7. The van der Waals surface area contributed by atoms with Crippen LogP contribution < -0.4 is 5.73 Å². The number of nitrogens with zero attached hydrogens (tertiary/aromatic N) is 1. The third-order valence-electron chi connectivity index (χ3n) is 3.72. The van der Waals surface area contributed by atoms with Gasteiger partial charge in [-0.15, -0.1) is 0 Å². The molecule has 0 bridgehead atoms. The summed E-state index contributed by atoms with van der Waals surface area (Å²) in [5.41, 5.74) is 6.81. The van der Waals surface area contributed by atoms with E-state index in [1.165, 1.54) is 23.1 Å². The Morgan fingerprint density at radius 2 is 1.70 bits per heavy atom. The summed E-state index contributed by atoms with van der Waals surface area (Å²) in [6.45, 7) is 1.96. The van der Waals surface area contributed by atoms with Crippen molar-refractivity contribution in [1.29, 1.82) is 0 Å². The molecule has 0 aromatic heterocycles. The largest absolute Gasteiger partial charge is 0.337 e. The quantitative estimate of drug-likeness (QED) is 0.890. The first-order valence-electron chi connectivity index (χ1n) is 7.54. The van der Waals surface area contributed by atoms with Crippen molar-refractivity contribution < 1.29 is 13.6 Å². The van der Waals surface area contributed by atoms with Gasteiger partial charge in [-0.05, 0) is 31.0 Å². The highest BCUT2D eigenvalue weighted by Crippen LogP contribution is 2.15. The van der Waals surface area contributed by atoms with Crippen molar-refractivity contribution in [1.82, 2.24) is 4.90 Å². The number of benzene rings is 2. The molecular weight excluding hydrogens is 298 g/mol. The van der Waals surface area contributed by atoms with Crippen molar-refractivity contribution >= 4 is 5.91 Å². The van der Waals surface area contributed by atoms with E-state index in [9.17, 15) is 13.6 Å². The Morgan fingerprint density at radius 3 is 2.26 bits per heavy atom. The van der Waals surface area contributed by atoms with Crippen LogP contribution in [0.2, 0.25) is 0 Å². The van der Waals surface area contributed by atoms with E-state index < -0.39 is 17.7 Å². The van der Waals surface area contributed by atoms with Gasteiger partial charge in [0.25, 0.3) is 0 Å². The Kier molecular flexibility index (Phi) is 5.82. The third-order valence-corrected chi connectivity index (χ3v) is 3.72. The van der Waals surface area contributed by atoms with E-state index >= 15 is 0 Å². The van der Waals surface area contributed by atoms with Gasteiger partial charge < -0.3 is 10.6 Å². The minimum atomic E-state index is -0.743.